The number of benzene rings is 1. The summed E-state index contributed by atoms with van der Waals surface area (Å²) in [6.45, 7) is 0.546. The van der Waals surface area contributed by atoms with Crippen LogP contribution in [-0.2, 0) is 6.54 Å². The van der Waals surface area contributed by atoms with Gasteiger partial charge in [-0.1, -0.05) is 18.2 Å². The summed E-state index contributed by atoms with van der Waals surface area (Å²) in [5.74, 6) is 0.285. The summed E-state index contributed by atoms with van der Waals surface area (Å²) in [5.41, 5.74) is 3.91. The topological polar surface area (TPSA) is 95.6 Å². The van der Waals surface area contributed by atoms with Crippen LogP contribution in [0.2, 0.25) is 0 Å². The summed E-state index contributed by atoms with van der Waals surface area (Å²) < 4.78 is 0. The molecular formula is C21H19ClN6O. The molecule has 3 aromatic heterocycles. The van der Waals surface area contributed by atoms with Crippen LogP contribution in [-0.4, -0.2) is 25.8 Å². The minimum Gasteiger partial charge on any atom is -0.365 e. The number of H-pyrrole nitrogens is 1. The summed E-state index contributed by atoms with van der Waals surface area (Å²) in [5, 5.41) is 6.20. The number of aromatic amines is 1. The van der Waals surface area contributed by atoms with Crippen LogP contribution in [0.15, 0.2) is 79.6 Å². The first-order valence-corrected chi connectivity index (χ1v) is 8.78. The minimum absolute atomic E-state index is 0. The summed E-state index contributed by atoms with van der Waals surface area (Å²) in [4.78, 5) is 28.4. The van der Waals surface area contributed by atoms with Crippen molar-refractivity contribution >= 4 is 29.8 Å². The van der Waals surface area contributed by atoms with Gasteiger partial charge in [-0.2, -0.15) is 0 Å². The van der Waals surface area contributed by atoms with Crippen LogP contribution in [0, 0.1) is 0 Å². The number of halogens is 1. The number of anilines is 2. The molecule has 1 amide bonds. The second kappa shape index (κ2) is 9.48. The van der Waals surface area contributed by atoms with Crippen LogP contribution in [0.1, 0.15) is 15.9 Å². The van der Waals surface area contributed by atoms with E-state index in [-0.39, 0.29) is 18.3 Å². The van der Waals surface area contributed by atoms with Crippen molar-refractivity contribution in [2.75, 3.05) is 10.6 Å². The molecule has 7 nitrogen and oxygen atoms in total. The van der Waals surface area contributed by atoms with E-state index in [1.807, 2.05) is 36.4 Å². The second-order valence-corrected chi connectivity index (χ2v) is 6.07. The predicted molar refractivity (Wildman–Crippen MR) is 115 cm³/mol. The largest absolute Gasteiger partial charge is 0.365 e. The van der Waals surface area contributed by atoms with Crippen molar-refractivity contribution < 1.29 is 4.79 Å². The number of hydrogen-bond donors (Lipinski definition) is 3. The molecular weight excluding hydrogens is 388 g/mol. The number of hydrogen-bond acceptors (Lipinski definition) is 5. The number of amides is 1. The lowest BCUT2D eigenvalue weighted by molar-refractivity contribution is 0.102. The SMILES string of the molecule is Cl.O=C(Nc1ccccc1-c1cnc[nH]1)c1cccnc1NCc1ccncc1. The van der Waals surface area contributed by atoms with Crippen molar-refractivity contribution in [1.29, 1.82) is 0 Å². The molecule has 0 saturated heterocycles. The lowest BCUT2D eigenvalue weighted by Crippen LogP contribution is -2.16. The van der Waals surface area contributed by atoms with Gasteiger partial charge in [-0.3, -0.25) is 9.78 Å². The van der Waals surface area contributed by atoms with Gasteiger partial charge in [0.25, 0.3) is 5.91 Å². The Kier molecular flexibility index (Phi) is 6.55. The molecule has 4 rings (SSSR count). The Morgan fingerprint density at radius 2 is 1.79 bits per heavy atom. The standard InChI is InChI=1S/C21H18N6O.ClH/c28-21(27-18-6-2-1-4-16(18)19-13-23-14-26-19)17-5-3-9-24-20(17)25-12-15-7-10-22-11-8-15;/h1-11,13-14H,12H2,(H,23,26)(H,24,25)(H,27,28);1H. The first-order chi connectivity index (χ1) is 13.8. The van der Waals surface area contributed by atoms with Crippen LogP contribution < -0.4 is 10.6 Å². The summed E-state index contributed by atoms with van der Waals surface area (Å²) in [6, 6.07) is 14.9. The first kappa shape index (κ1) is 20.0. The van der Waals surface area contributed by atoms with Crippen molar-refractivity contribution in [3.63, 3.8) is 0 Å². The Hall–Kier alpha value is -3.71. The Balaban J connectivity index is 0.00000240. The fourth-order valence-electron chi connectivity index (χ4n) is 2.84. The van der Waals surface area contributed by atoms with Crippen LogP contribution in [0.4, 0.5) is 11.5 Å². The molecule has 146 valence electrons. The number of nitrogens with one attached hydrogen (secondary N) is 3. The molecule has 0 spiro atoms. The Morgan fingerprint density at radius 3 is 2.59 bits per heavy atom. The molecule has 29 heavy (non-hydrogen) atoms. The molecule has 0 radical (unpaired) electrons. The van der Waals surface area contributed by atoms with Crippen LogP contribution >= 0.6 is 12.4 Å². The van der Waals surface area contributed by atoms with Crippen molar-refractivity contribution in [1.82, 2.24) is 19.9 Å². The maximum atomic E-state index is 12.9. The molecule has 0 bridgehead atoms. The molecule has 0 atom stereocenters. The van der Waals surface area contributed by atoms with E-state index < -0.39 is 0 Å². The maximum absolute atomic E-state index is 12.9. The van der Waals surface area contributed by atoms with Crippen LogP contribution in [0.5, 0.6) is 0 Å². The van der Waals surface area contributed by atoms with Crippen molar-refractivity contribution in [2.24, 2.45) is 0 Å². The van der Waals surface area contributed by atoms with E-state index in [1.165, 1.54) is 0 Å². The molecule has 0 fully saturated rings. The highest BCUT2D eigenvalue weighted by Crippen LogP contribution is 2.26. The summed E-state index contributed by atoms with van der Waals surface area (Å²) >= 11 is 0. The van der Waals surface area contributed by atoms with Gasteiger partial charge in [0.1, 0.15) is 5.82 Å². The van der Waals surface area contributed by atoms with Gasteiger partial charge < -0.3 is 15.6 Å². The number of imidazole rings is 1. The zero-order chi connectivity index (χ0) is 19.2. The molecule has 0 aliphatic rings. The van der Waals surface area contributed by atoms with E-state index in [9.17, 15) is 4.79 Å². The van der Waals surface area contributed by atoms with Gasteiger partial charge in [0.05, 0.1) is 29.5 Å². The predicted octanol–water partition coefficient (Wildman–Crippen LogP) is 4.15. The first-order valence-electron chi connectivity index (χ1n) is 8.78. The van der Waals surface area contributed by atoms with Crippen molar-refractivity contribution in [3.05, 3.63) is 90.8 Å². The highest BCUT2D eigenvalue weighted by molar-refractivity contribution is 6.08. The van der Waals surface area contributed by atoms with E-state index >= 15 is 0 Å². The van der Waals surface area contributed by atoms with E-state index in [0.29, 0.717) is 23.6 Å². The zero-order valence-corrected chi connectivity index (χ0v) is 16.2. The van der Waals surface area contributed by atoms with E-state index in [0.717, 1.165) is 16.8 Å². The Bertz CT molecular complexity index is 1070. The van der Waals surface area contributed by atoms with Gasteiger partial charge in [-0.05, 0) is 35.9 Å². The summed E-state index contributed by atoms with van der Waals surface area (Å²) in [7, 11) is 0. The van der Waals surface area contributed by atoms with Gasteiger partial charge in [-0.15, -0.1) is 12.4 Å². The fourth-order valence-corrected chi connectivity index (χ4v) is 2.84. The van der Waals surface area contributed by atoms with Gasteiger partial charge in [0, 0.05) is 30.7 Å². The lowest BCUT2D eigenvalue weighted by Gasteiger charge is -2.13. The lowest BCUT2D eigenvalue weighted by atomic mass is 10.1. The molecule has 3 N–H and O–H groups in total. The number of carbonyl (C=O) groups is 1. The number of para-hydroxylation sites is 1. The number of pyridine rings is 2. The minimum atomic E-state index is -0.239. The molecule has 8 heteroatoms. The molecule has 0 aliphatic carbocycles. The molecule has 3 heterocycles. The highest BCUT2D eigenvalue weighted by Gasteiger charge is 2.15. The third-order valence-electron chi connectivity index (χ3n) is 4.23. The average molecular weight is 407 g/mol. The maximum Gasteiger partial charge on any atom is 0.259 e. The average Bonchev–Trinajstić information content (AvgIpc) is 3.28. The molecule has 4 aromatic rings. The monoisotopic (exact) mass is 406 g/mol. The normalized spacial score (nSPS) is 10.1. The second-order valence-electron chi connectivity index (χ2n) is 6.07. The van der Waals surface area contributed by atoms with Crippen LogP contribution in [0.25, 0.3) is 11.3 Å². The number of aromatic nitrogens is 4. The van der Waals surface area contributed by atoms with Crippen molar-refractivity contribution in [3.8, 4) is 11.3 Å². The van der Waals surface area contributed by atoms with E-state index in [4.69, 9.17) is 0 Å². The quantitative estimate of drug-likeness (QED) is 0.447. The van der Waals surface area contributed by atoms with E-state index in [2.05, 4.69) is 30.6 Å². The van der Waals surface area contributed by atoms with Crippen LogP contribution in [0.3, 0.4) is 0 Å². The zero-order valence-electron chi connectivity index (χ0n) is 15.4. The third kappa shape index (κ3) is 4.77. The Morgan fingerprint density at radius 1 is 0.966 bits per heavy atom. The summed E-state index contributed by atoms with van der Waals surface area (Å²) in [6.07, 6.45) is 8.45. The highest BCUT2D eigenvalue weighted by atomic mass is 35.5. The molecule has 0 unspecified atom stereocenters. The van der Waals surface area contributed by atoms with Gasteiger partial charge in [0.2, 0.25) is 0 Å². The third-order valence-corrected chi connectivity index (χ3v) is 4.23. The Labute approximate surface area is 174 Å². The van der Waals surface area contributed by atoms with E-state index in [1.54, 1.807) is 43.2 Å². The van der Waals surface area contributed by atoms with Gasteiger partial charge in [-0.25, -0.2) is 9.97 Å². The smallest absolute Gasteiger partial charge is 0.259 e. The number of carbonyl (C=O) groups excluding carboxylic acids is 1. The number of rotatable bonds is 6. The fraction of sp³-hybridized carbons (Fsp3) is 0.0476. The van der Waals surface area contributed by atoms with Gasteiger partial charge >= 0.3 is 0 Å². The van der Waals surface area contributed by atoms with Gasteiger partial charge in [0.15, 0.2) is 0 Å². The molecule has 1 aromatic carbocycles. The molecule has 0 aliphatic heterocycles. The molecule has 0 saturated carbocycles. The number of nitrogens with zero attached hydrogens (tertiary/aromatic N) is 3. The van der Waals surface area contributed by atoms with Crippen molar-refractivity contribution in [2.45, 2.75) is 6.54 Å².